The zero-order valence-electron chi connectivity index (χ0n) is 24.2. The lowest BCUT2D eigenvalue weighted by Gasteiger charge is -2.22. The number of ether oxygens (including phenoxy) is 1. The number of carbonyl (C=O) groups is 2. The van der Waals surface area contributed by atoms with Crippen LogP contribution in [0.25, 0.3) is 5.69 Å². The summed E-state index contributed by atoms with van der Waals surface area (Å²) in [4.78, 5) is 27.0. The minimum absolute atomic E-state index is 0.105. The van der Waals surface area contributed by atoms with Crippen LogP contribution in [-0.2, 0) is 11.3 Å². The molecule has 0 saturated heterocycles. The summed E-state index contributed by atoms with van der Waals surface area (Å²) in [7, 11) is 1.64. The van der Waals surface area contributed by atoms with Crippen molar-refractivity contribution in [2.24, 2.45) is 5.10 Å². The Kier molecular flexibility index (Phi) is 8.85. The molecular weight excluding hydrogens is 593 g/mol. The van der Waals surface area contributed by atoms with Gasteiger partial charge in [0.2, 0.25) is 0 Å². The van der Waals surface area contributed by atoms with E-state index in [0.717, 1.165) is 33.8 Å². The number of aryl methyl sites for hydroxylation is 1. The van der Waals surface area contributed by atoms with Gasteiger partial charge in [0.15, 0.2) is 11.0 Å². The Morgan fingerprint density at radius 3 is 2.45 bits per heavy atom. The topological polar surface area (TPSA) is 102 Å². The standard InChI is InChI=1S/C33H30N6O3S2/c1-22-10-12-24(13-11-22)28-19-27(23-14-16-26(42-2)17-15-23)37-39(28)31(40)21-44-33-36-35-30(38(33)25-7-4-3-5-8-25)20-34-32(41)29-9-6-18-43-29/h3-18,28H,19-21H2,1-2H3,(H,34,41)/t28-/m0/s1. The molecule has 2 aromatic heterocycles. The summed E-state index contributed by atoms with van der Waals surface area (Å²) in [5.74, 6) is 1.12. The molecule has 0 fully saturated rings. The van der Waals surface area contributed by atoms with Crippen molar-refractivity contribution in [3.05, 3.63) is 124 Å². The van der Waals surface area contributed by atoms with Gasteiger partial charge in [0.25, 0.3) is 11.8 Å². The van der Waals surface area contributed by atoms with Crippen molar-refractivity contribution in [2.75, 3.05) is 12.9 Å². The zero-order chi connectivity index (χ0) is 30.5. The fraction of sp³-hybridized carbons (Fsp3) is 0.182. The molecule has 1 N–H and O–H groups in total. The van der Waals surface area contributed by atoms with Crippen LogP contribution in [0, 0.1) is 6.92 Å². The Morgan fingerprint density at radius 1 is 0.977 bits per heavy atom. The van der Waals surface area contributed by atoms with Crippen molar-refractivity contribution in [1.82, 2.24) is 25.1 Å². The molecule has 0 radical (unpaired) electrons. The van der Waals surface area contributed by atoms with Crippen LogP contribution in [0.15, 0.2) is 107 Å². The Bertz CT molecular complexity index is 1770. The number of para-hydroxylation sites is 1. The summed E-state index contributed by atoms with van der Waals surface area (Å²) in [5, 5.41) is 20.5. The van der Waals surface area contributed by atoms with Gasteiger partial charge < -0.3 is 10.1 Å². The molecule has 1 atom stereocenters. The van der Waals surface area contributed by atoms with Crippen LogP contribution < -0.4 is 10.1 Å². The number of nitrogens with zero attached hydrogens (tertiary/aromatic N) is 5. The minimum atomic E-state index is -0.226. The van der Waals surface area contributed by atoms with Gasteiger partial charge in [0, 0.05) is 12.1 Å². The lowest BCUT2D eigenvalue weighted by molar-refractivity contribution is -0.130. The van der Waals surface area contributed by atoms with Crippen LogP contribution in [0.5, 0.6) is 5.75 Å². The normalized spacial score (nSPS) is 14.4. The van der Waals surface area contributed by atoms with E-state index in [9.17, 15) is 9.59 Å². The van der Waals surface area contributed by atoms with E-state index in [1.807, 2.05) is 77.5 Å². The first-order valence-electron chi connectivity index (χ1n) is 14.0. The lowest BCUT2D eigenvalue weighted by atomic mass is 9.97. The number of hydrazone groups is 1. The third-order valence-electron chi connectivity index (χ3n) is 7.24. The van der Waals surface area contributed by atoms with E-state index in [-0.39, 0.29) is 30.2 Å². The van der Waals surface area contributed by atoms with Crippen LogP contribution in [0.2, 0.25) is 0 Å². The Labute approximate surface area is 263 Å². The molecule has 5 aromatic rings. The number of hydrogen-bond acceptors (Lipinski definition) is 8. The maximum Gasteiger partial charge on any atom is 0.261 e. The minimum Gasteiger partial charge on any atom is -0.497 e. The van der Waals surface area contributed by atoms with Gasteiger partial charge in [-0.3, -0.25) is 14.2 Å². The molecule has 222 valence electrons. The van der Waals surface area contributed by atoms with Crippen molar-refractivity contribution < 1.29 is 14.3 Å². The molecule has 0 unspecified atom stereocenters. The van der Waals surface area contributed by atoms with Gasteiger partial charge in [-0.05, 0) is 65.9 Å². The highest BCUT2D eigenvalue weighted by Gasteiger charge is 2.33. The van der Waals surface area contributed by atoms with Crippen molar-refractivity contribution >= 4 is 40.6 Å². The van der Waals surface area contributed by atoms with Crippen LogP contribution in [0.4, 0.5) is 0 Å². The van der Waals surface area contributed by atoms with Crippen molar-refractivity contribution in [2.45, 2.75) is 31.1 Å². The van der Waals surface area contributed by atoms with E-state index in [1.165, 1.54) is 23.1 Å². The summed E-state index contributed by atoms with van der Waals surface area (Å²) in [6, 6.07) is 29.0. The van der Waals surface area contributed by atoms with Crippen LogP contribution in [0.1, 0.15) is 44.6 Å². The monoisotopic (exact) mass is 622 g/mol. The van der Waals surface area contributed by atoms with Crippen molar-refractivity contribution in [3.63, 3.8) is 0 Å². The molecule has 1 aliphatic heterocycles. The fourth-order valence-electron chi connectivity index (χ4n) is 4.94. The largest absolute Gasteiger partial charge is 0.497 e. The van der Waals surface area contributed by atoms with Crippen molar-refractivity contribution in [3.8, 4) is 11.4 Å². The van der Waals surface area contributed by atoms with E-state index >= 15 is 0 Å². The summed E-state index contributed by atoms with van der Waals surface area (Å²) in [6.45, 7) is 2.23. The second kappa shape index (κ2) is 13.3. The number of nitrogens with one attached hydrogen (secondary N) is 1. The van der Waals surface area contributed by atoms with Gasteiger partial charge in [-0.1, -0.05) is 65.9 Å². The summed E-state index contributed by atoms with van der Waals surface area (Å²) < 4.78 is 7.19. The zero-order valence-corrected chi connectivity index (χ0v) is 25.8. The molecule has 3 aromatic carbocycles. The third-order valence-corrected chi connectivity index (χ3v) is 9.03. The van der Waals surface area contributed by atoms with Gasteiger partial charge in [-0.2, -0.15) is 5.10 Å². The number of methoxy groups -OCH3 is 1. The lowest BCUT2D eigenvalue weighted by Crippen LogP contribution is -2.28. The number of hydrogen-bond donors (Lipinski definition) is 1. The summed E-state index contributed by atoms with van der Waals surface area (Å²) >= 11 is 2.67. The summed E-state index contributed by atoms with van der Waals surface area (Å²) in [6.07, 6.45) is 0.597. The number of thioether (sulfide) groups is 1. The maximum atomic E-state index is 13.8. The van der Waals surface area contributed by atoms with E-state index < -0.39 is 0 Å². The van der Waals surface area contributed by atoms with Crippen molar-refractivity contribution in [1.29, 1.82) is 0 Å². The maximum absolute atomic E-state index is 13.8. The average Bonchev–Trinajstić information content (AvgIpc) is 3.84. The molecule has 6 rings (SSSR count). The first-order chi connectivity index (χ1) is 21.5. The fourth-order valence-corrected chi connectivity index (χ4v) is 6.40. The Hall–Kier alpha value is -4.74. The molecule has 0 saturated carbocycles. The average molecular weight is 623 g/mol. The van der Waals surface area contributed by atoms with Gasteiger partial charge >= 0.3 is 0 Å². The predicted molar refractivity (Wildman–Crippen MR) is 172 cm³/mol. The molecule has 44 heavy (non-hydrogen) atoms. The molecule has 1 aliphatic rings. The quantitative estimate of drug-likeness (QED) is 0.191. The highest BCUT2D eigenvalue weighted by molar-refractivity contribution is 7.99. The Balaban J connectivity index is 1.23. The molecule has 3 heterocycles. The van der Waals surface area contributed by atoms with E-state index in [0.29, 0.717) is 22.3 Å². The van der Waals surface area contributed by atoms with Gasteiger partial charge in [0.05, 0.1) is 36.0 Å². The van der Waals surface area contributed by atoms with E-state index in [2.05, 4.69) is 39.8 Å². The molecule has 11 heteroatoms. The predicted octanol–water partition coefficient (Wildman–Crippen LogP) is 6.05. The summed E-state index contributed by atoms with van der Waals surface area (Å²) in [5.41, 5.74) is 4.81. The second-order valence-electron chi connectivity index (χ2n) is 10.2. The molecule has 0 bridgehead atoms. The number of benzene rings is 3. The molecule has 9 nitrogen and oxygen atoms in total. The van der Waals surface area contributed by atoms with E-state index in [4.69, 9.17) is 9.84 Å². The molecule has 2 amide bonds. The number of amides is 2. The van der Waals surface area contributed by atoms with Crippen LogP contribution >= 0.6 is 23.1 Å². The second-order valence-corrected chi connectivity index (χ2v) is 12.1. The molecule has 0 aliphatic carbocycles. The SMILES string of the molecule is COc1ccc(C2=NN(C(=O)CSc3nnc(CNC(=O)c4cccs4)n3-c3ccccc3)[C@H](c3ccc(C)cc3)C2)cc1. The highest BCUT2D eigenvalue weighted by Crippen LogP contribution is 2.34. The first kappa shape index (κ1) is 29.3. The van der Waals surface area contributed by atoms with Gasteiger partial charge in [0.1, 0.15) is 5.75 Å². The molecular formula is C33H30N6O3S2. The first-order valence-corrected chi connectivity index (χ1v) is 15.9. The number of carbonyl (C=O) groups excluding carboxylic acids is 2. The van der Waals surface area contributed by atoms with Crippen LogP contribution in [-0.4, -0.2) is 50.2 Å². The number of thiophene rings is 1. The smallest absolute Gasteiger partial charge is 0.261 e. The third kappa shape index (κ3) is 6.43. The number of aromatic nitrogens is 3. The van der Waals surface area contributed by atoms with Gasteiger partial charge in [-0.25, -0.2) is 5.01 Å². The van der Waals surface area contributed by atoms with E-state index in [1.54, 1.807) is 18.2 Å². The van der Waals surface area contributed by atoms with Crippen LogP contribution in [0.3, 0.4) is 0 Å². The molecule has 0 spiro atoms. The number of rotatable bonds is 10. The highest BCUT2D eigenvalue weighted by atomic mass is 32.2. The van der Waals surface area contributed by atoms with Gasteiger partial charge in [-0.15, -0.1) is 21.5 Å². The Morgan fingerprint density at radius 2 is 1.75 bits per heavy atom.